The molecule has 26 heavy (non-hydrogen) atoms. The summed E-state index contributed by atoms with van der Waals surface area (Å²) in [5.74, 6) is 1.66. The first-order valence-electron chi connectivity index (χ1n) is 8.85. The van der Waals surface area contributed by atoms with Gasteiger partial charge in [-0.3, -0.25) is 0 Å². The average molecular weight is 346 g/mol. The fraction of sp³-hybridized carbons (Fsp3) is 0.250. The smallest absolute Gasteiger partial charge is 0.185 e. The van der Waals surface area contributed by atoms with E-state index in [4.69, 9.17) is 5.10 Å². The molecule has 0 aliphatic carbocycles. The van der Waals surface area contributed by atoms with E-state index in [2.05, 4.69) is 63.9 Å². The Morgan fingerprint density at radius 2 is 1.69 bits per heavy atom. The van der Waals surface area contributed by atoms with Crippen LogP contribution in [-0.2, 0) is 0 Å². The van der Waals surface area contributed by atoms with Crippen LogP contribution in [0.4, 0.5) is 11.5 Å². The maximum absolute atomic E-state index is 4.70. The lowest BCUT2D eigenvalue weighted by atomic mass is 10.2. The molecule has 0 saturated carbocycles. The summed E-state index contributed by atoms with van der Waals surface area (Å²) in [4.78, 5) is 2.26. The summed E-state index contributed by atoms with van der Waals surface area (Å²) in [6.07, 6.45) is 1.01. The Hall–Kier alpha value is -3.15. The number of benzene rings is 2. The van der Waals surface area contributed by atoms with E-state index in [1.54, 1.807) is 4.52 Å². The highest BCUT2D eigenvalue weighted by Gasteiger charge is 2.11. The zero-order chi connectivity index (χ0) is 17.9. The summed E-state index contributed by atoms with van der Waals surface area (Å²) < 4.78 is 1.81. The molecule has 0 bridgehead atoms. The number of fused-ring (bicyclic) bond motifs is 3. The van der Waals surface area contributed by atoms with Crippen LogP contribution in [0.5, 0.6) is 0 Å². The summed E-state index contributed by atoms with van der Waals surface area (Å²) in [6.45, 7) is 3.74. The predicted molar refractivity (Wildman–Crippen MR) is 106 cm³/mol. The molecule has 0 saturated heterocycles. The molecule has 4 aromatic rings. The molecule has 1 N–H and O–H groups in total. The van der Waals surface area contributed by atoms with Gasteiger partial charge in [-0.2, -0.15) is 4.52 Å². The second-order valence-electron chi connectivity index (χ2n) is 6.41. The Morgan fingerprint density at radius 3 is 2.50 bits per heavy atom. The fourth-order valence-corrected chi connectivity index (χ4v) is 3.15. The van der Waals surface area contributed by atoms with Crippen molar-refractivity contribution in [3.8, 4) is 0 Å². The van der Waals surface area contributed by atoms with Crippen LogP contribution in [0.2, 0.25) is 0 Å². The van der Waals surface area contributed by atoms with Gasteiger partial charge in [-0.15, -0.1) is 15.3 Å². The van der Waals surface area contributed by atoms with Gasteiger partial charge in [0.05, 0.1) is 0 Å². The second kappa shape index (κ2) is 7.00. The first-order valence-corrected chi connectivity index (χ1v) is 8.85. The minimum atomic E-state index is 0.789. The van der Waals surface area contributed by atoms with E-state index in [1.165, 1.54) is 5.69 Å². The topological polar surface area (TPSA) is 58.4 Å². The van der Waals surface area contributed by atoms with Crippen LogP contribution in [0.25, 0.3) is 16.4 Å². The number of nitrogens with zero attached hydrogens (tertiary/aromatic N) is 5. The van der Waals surface area contributed by atoms with Crippen LogP contribution in [0, 0.1) is 6.92 Å². The van der Waals surface area contributed by atoms with Crippen LogP contribution < -0.4 is 10.2 Å². The van der Waals surface area contributed by atoms with Gasteiger partial charge in [-0.25, -0.2) is 0 Å². The third-order valence-corrected chi connectivity index (χ3v) is 4.58. The van der Waals surface area contributed by atoms with Crippen molar-refractivity contribution in [1.29, 1.82) is 0 Å². The minimum Gasteiger partial charge on any atom is -0.375 e. The molecule has 6 heteroatoms. The summed E-state index contributed by atoms with van der Waals surface area (Å²) in [7, 11) is 2.12. The molecule has 2 aromatic carbocycles. The van der Waals surface area contributed by atoms with Gasteiger partial charge in [-0.05, 0) is 25.5 Å². The number of aryl methyl sites for hydroxylation is 1. The number of nitrogens with one attached hydrogen (secondary N) is 1. The van der Waals surface area contributed by atoms with Gasteiger partial charge in [-0.1, -0.05) is 42.5 Å². The number of hydrogen-bond acceptors (Lipinski definition) is 5. The van der Waals surface area contributed by atoms with Crippen molar-refractivity contribution < 1.29 is 0 Å². The van der Waals surface area contributed by atoms with Crippen LogP contribution in [-0.4, -0.2) is 39.9 Å². The average Bonchev–Trinajstić information content (AvgIpc) is 3.06. The lowest BCUT2D eigenvalue weighted by Crippen LogP contribution is -2.21. The molecular formula is C20H22N6. The number of anilines is 2. The Labute approximate surface area is 152 Å². The van der Waals surface area contributed by atoms with E-state index >= 15 is 0 Å². The third kappa shape index (κ3) is 3.06. The van der Waals surface area contributed by atoms with Gasteiger partial charge in [0.2, 0.25) is 0 Å². The molecule has 0 aliphatic rings. The summed E-state index contributed by atoms with van der Waals surface area (Å²) in [5, 5.41) is 18.7. The predicted octanol–water partition coefficient (Wildman–Crippen LogP) is 3.52. The molecule has 0 atom stereocenters. The van der Waals surface area contributed by atoms with Crippen LogP contribution in [0.3, 0.4) is 0 Å². The first-order chi connectivity index (χ1) is 12.7. The maximum Gasteiger partial charge on any atom is 0.185 e. The molecule has 2 aromatic heterocycles. The van der Waals surface area contributed by atoms with E-state index < -0.39 is 0 Å². The molecule has 132 valence electrons. The highest BCUT2D eigenvalue weighted by atomic mass is 15.4. The van der Waals surface area contributed by atoms with E-state index in [1.807, 2.05) is 25.1 Å². The van der Waals surface area contributed by atoms with Gasteiger partial charge in [0.15, 0.2) is 17.3 Å². The number of aromatic nitrogens is 4. The van der Waals surface area contributed by atoms with Gasteiger partial charge < -0.3 is 10.2 Å². The fourth-order valence-electron chi connectivity index (χ4n) is 3.15. The van der Waals surface area contributed by atoms with Gasteiger partial charge >= 0.3 is 0 Å². The molecule has 0 fully saturated rings. The lowest BCUT2D eigenvalue weighted by Gasteiger charge is -2.19. The molecule has 0 aliphatic heterocycles. The van der Waals surface area contributed by atoms with E-state index in [0.29, 0.717) is 0 Å². The number of hydrogen-bond donors (Lipinski definition) is 1. The molecule has 2 heterocycles. The van der Waals surface area contributed by atoms with Crippen molar-refractivity contribution in [3.05, 3.63) is 60.4 Å². The SMILES string of the molecule is Cc1nnc2c3ccccc3c(NCCCN(C)c3ccccc3)nn12. The summed E-state index contributed by atoms with van der Waals surface area (Å²) in [6, 6.07) is 18.6. The monoisotopic (exact) mass is 346 g/mol. The molecule has 6 nitrogen and oxygen atoms in total. The zero-order valence-electron chi connectivity index (χ0n) is 15.1. The highest BCUT2D eigenvalue weighted by molar-refractivity contribution is 5.99. The van der Waals surface area contributed by atoms with Crippen molar-refractivity contribution in [2.75, 3.05) is 30.4 Å². The Bertz CT molecular complexity index is 1020. The normalized spacial score (nSPS) is 11.2. The zero-order valence-corrected chi connectivity index (χ0v) is 15.1. The van der Waals surface area contributed by atoms with Crippen molar-refractivity contribution in [2.45, 2.75) is 13.3 Å². The molecule has 4 rings (SSSR count). The van der Waals surface area contributed by atoms with Crippen LogP contribution in [0.15, 0.2) is 54.6 Å². The summed E-state index contributed by atoms with van der Waals surface area (Å²) >= 11 is 0. The van der Waals surface area contributed by atoms with Gasteiger partial charge in [0.1, 0.15) is 0 Å². The molecule has 0 radical (unpaired) electrons. The molecule has 0 spiro atoms. The summed E-state index contributed by atoms with van der Waals surface area (Å²) in [5.41, 5.74) is 2.03. The quantitative estimate of drug-likeness (QED) is 0.541. The second-order valence-corrected chi connectivity index (χ2v) is 6.41. The number of para-hydroxylation sites is 1. The number of rotatable bonds is 6. The largest absolute Gasteiger partial charge is 0.375 e. The van der Waals surface area contributed by atoms with Crippen molar-refractivity contribution >= 4 is 27.9 Å². The van der Waals surface area contributed by atoms with Crippen molar-refractivity contribution in [3.63, 3.8) is 0 Å². The van der Waals surface area contributed by atoms with Crippen molar-refractivity contribution in [1.82, 2.24) is 19.8 Å². The Balaban J connectivity index is 1.49. The van der Waals surface area contributed by atoms with E-state index in [-0.39, 0.29) is 0 Å². The van der Waals surface area contributed by atoms with Crippen molar-refractivity contribution in [2.24, 2.45) is 0 Å². The van der Waals surface area contributed by atoms with Crippen LogP contribution in [0.1, 0.15) is 12.2 Å². The first kappa shape index (κ1) is 16.3. The van der Waals surface area contributed by atoms with Gasteiger partial charge in [0, 0.05) is 36.6 Å². The van der Waals surface area contributed by atoms with Crippen LogP contribution >= 0.6 is 0 Å². The van der Waals surface area contributed by atoms with E-state index in [0.717, 1.165) is 47.6 Å². The van der Waals surface area contributed by atoms with Gasteiger partial charge in [0.25, 0.3) is 0 Å². The molecule has 0 unspecified atom stereocenters. The lowest BCUT2D eigenvalue weighted by molar-refractivity contribution is 0.807. The Kier molecular flexibility index (Phi) is 4.39. The van der Waals surface area contributed by atoms with E-state index in [9.17, 15) is 0 Å². The minimum absolute atomic E-state index is 0.789. The molecular weight excluding hydrogens is 324 g/mol. The standard InChI is InChI=1S/C20H22N6/c1-15-22-23-20-18-12-7-6-11-17(18)19(24-26(15)20)21-13-8-14-25(2)16-9-4-3-5-10-16/h3-7,9-12H,8,13-14H2,1-2H3,(H,21,24). The Morgan fingerprint density at radius 1 is 0.962 bits per heavy atom. The molecule has 0 amide bonds. The third-order valence-electron chi connectivity index (χ3n) is 4.58. The highest BCUT2D eigenvalue weighted by Crippen LogP contribution is 2.24. The maximum atomic E-state index is 4.70.